The van der Waals surface area contributed by atoms with Crippen molar-refractivity contribution < 1.29 is 9.30 Å². The fraction of sp³-hybridized carbons (Fsp3) is 0.324. The minimum absolute atomic E-state index is 0.0439. The predicted octanol–water partition coefficient (Wildman–Crippen LogP) is 8.86. The Morgan fingerprint density at radius 3 is 2.36 bits per heavy atom. The van der Waals surface area contributed by atoms with Crippen LogP contribution in [0.1, 0.15) is 56.9 Å². The van der Waals surface area contributed by atoms with Gasteiger partial charge in [0, 0.05) is 17.0 Å². The molecule has 5 aromatic rings. The molecule has 0 saturated heterocycles. The number of ether oxygens (including phenoxy) is 1. The van der Waals surface area contributed by atoms with Gasteiger partial charge in [-0.2, -0.15) is 0 Å². The van der Waals surface area contributed by atoms with Gasteiger partial charge in [0.05, 0.1) is 10.9 Å². The Bertz CT molecular complexity index is 1720. The summed E-state index contributed by atoms with van der Waals surface area (Å²) in [4.78, 5) is 0. The summed E-state index contributed by atoms with van der Waals surface area (Å²) in [5.41, 5.74) is 7.83. The second-order valence-electron chi connectivity index (χ2n) is 12.1. The fourth-order valence-electron chi connectivity index (χ4n) is 6.24. The molecule has 182 valence electrons. The van der Waals surface area contributed by atoms with E-state index in [1.54, 1.807) is 0 Å². The van der Waals surface area contributed by atoms with Gasteiger partial charge >= 0.3 is 0 Å². The lowest BCUT2D eigenvalue weighted by atomic mass is 9.81. The molecular weight excluding hydrogens is 438 g/mol. The van der Waals surface area contributed by atoms with Gasteiger partial charge in [0.15, 0.2) is 6.20 Å². The van der Waals surface area contributed by atoms with Crippen molar-refractivity contribution in [2.75, 3.05) is 0 Å². The van der Waals surface area contributed by atoms with E-state index in [0.29, 0.717) is 5.92 Å². The van der Waals surface area contributed by atoms with Crippen LogP contribution in [0.5, 0.6) is 11.5 Å². The van der Waals surface area contributed by atoms with E-state index in [2.05, 4.69) is 115 Å². The molecule has 0 bridgehead atoms. The predicted molar refractivity (Wildman–Crippen MR) is 152 cm³/mol. The average Bonchev–Trinajstić information content (AvgIpc) is 2.81. The first-order valence-electron chi connectivity index (χ1n) is 13.2. The molecule has 0 aliphatic carbocycles. The van der Waals surface area contributed by atoms with Crippen molar-refractivity contribution in [1.29, 1.82) is 0 Å². The van der Waals surface area contributed by atoms with Gasteiger partial charge in [0.1, 0.15) is 18.5 Å². The van der Waals surface area contributed by atoms with Crippen LogP contribution in [-0.2, 0) is 18.9 Å². The van der Waals surface area contributed by atoms with Crippen molar-refractivity contribution in [2.45, 2.75) is 60.3 Å². The van der Waals surface area contributed by atoms with E-state index in [9.17, 15) is 0 Å². The van der Waals surface area contributed by atoms with Gasteiger partial charge in [-0.3, -0.25) is 0 Å². The number of nitrogens with zero attached hydrogens (tertiary/aromatic N) is 1. The summed E-state index contributed by atoms with van der Waals surface area (Å²) in [7, 11) is 2.17. The third kappa shape index (κ3) is 3.27. The number of fused-ring (bicyclic) bond motifs is 5. The van der Waals surface area contributed by atoms with E-state index in [-0.39, 0.29) is 5.41 Å². The summed E-state index contributed by atoms with van der Waals surface area (Å²) in [5, 5.41) is 7.73. The Hall–Kier alpha value is -3.39. The van der Waals surface area contributed by atoms with Crippen LogP contribution in [0.2, 0.25) is 0 Å². The highest BCUT2D eigenvalue weighted by molar-refractivity contribution is 6.17. The van der Waals surface area contributed by atoms with Gasteiger partial charge in [0.2, 0.25) is 5.69 Å². The molecule has 1 aliphatic rings. The van der Waals surface area contributed by atoms with E-state index in [1.165, 1.54) is 65.8 Å². The first kappa shape index (κ1) is 23.0. The fourth-order valence-corrected chi connectivity index (χ4v) is 6.24. The van der Waals surface area contributed by atoms with E-state index in [0.717, 1.165) is 17.9 Å². The SMILES string of the molecule is Cc1ccc2c(CC(C)C)c3c(c(C)c2c1)-c1c2c(cc4c(C(C)(C)C)cccc4c2cc[n+]1C)O3. The zero-order chi connectivity index (χ0) is 25.5. The molecule has 0 N–H and O–H groups in total. The summed E-state index contributed by atoms with van der Waals surface area (Å²) < 4.78 is 9.31. The van der Waals surface area contributed by atoms with Crippen molar-refractivity contribution in [3.63, 3.8) is 0 Å². The van der Waals surface area contributed by atoms with Crippen LogP contribution in [0.3, 0.4) is 0 Å². The highest BCUT2D eigenvalue weighted by Crippen LogP contribution is 2.52. The van der Waals surface area contributed by atoms with Gasteiger partial charge < -0.3 is 4.74 Å². The van der Waals surface area contributed by atoms with Crippen LogP contribution in [0.15, 0.2) is 54.7 Å². The quantitative estimate of drug-likeness (QED) is 0.180. The number of hydrogen-bond acceptors (Lipinski definition) is 1. The molecule has 2 heteroatoms. The van der Waals surface area contributed by atoms with Gasteiger partial charge in [-0.15, -0.1) is 0 Å². The van der Waals surface area contributed by atoms with Gasteiger partial charge in [-0.1, -0.05) is 76.6 Å². The van der Waals surface area contributed by atoms with E-state index in [1.807, 2.05) is 0 Å². The molecular formula is C34H36NO+. The van der Waals surface area contributed by atoms with Crippen LogP contribution in [0.25, 0.3) is 43.6 Å². The molecule has 0 fully saturated rings. The third-order valence-corrected chi connectivity index (χ3v) is 7.89. The van der Waals surface area contributed by atoms with Crippen molar-refractivity contribution in [1.82, 2.24) is 0 Å². The number of aryl methyl sites for hydroxylation is 3. The number of hydrogen-bond donors (Lipinski definition) is 0. The summed E-state index contributed by atoms with van der Waals surface area (Å²) >= 11 is 0. The Labute approximate surface area is 214 Å². The number of benzene rings is 4. The molecule has 2 nitrogen and oxygen atoms in total. The minimum Gasteiger partial charge on any atom is -0.455 e. The summed E-state index contributed by atoms with van der Waals surface area (Å²) in [5.74, 6) is 2.55. The van der Waals surface area contributed by atoms with E-state index < -0.39 is 0 Å². The van der Waals surface area contributed by atoms with Gasteiger partial charge in [0.25, 0.3) is 0 Å². The summed E-state index contributed by atoms with van der Waals surface area (Å²) in [6, 6.07) is 18.2. The molecule has 0 unspecified atom stereocenters. The highest BCUT2D eigenvalue weighted by atomic mass is 16.5. The van der Waals surface area contributed by atoms with Gasteiger partial charge in [-0.05, 0) is 70.3 Å². The van der Waals surface area contributed by atoms with Crippen molar-refractivity contribution >= 4 is 32.3 Å². The van der Waals surface area contributed by atoms with E-state index in [4.69, 9.17) is 4.74 Å². The normalized spacial score (nSPS) is 13.0. The molecule has 4 aromatic carbocycles. The van der Waals surface area contributed by atoms with Crippen molar-refractivity contribution in [3.05, 3.63) is 77.0 Å². The zero-order valence-electron chi connectivity index (χ0n) is 22.8. The second-order valence-corrected chi connectivity index (χ2v) is 12.1. The van der Waals surface area contributed by atoms with Crippen molar-refractivity contribution in [3.8, 4) is 22.8 Å². The van der Waals surface area contributed by atoms with Crippen LogP contribution in [-0.4, -0.2) is 0 Å². The van der Waals surface area contributed by atoms with E-state index >= 15 is 0 Å². The highest BCUT2D eigenvalue weighted by Gasteiger charge is 2.34. The zero-order valence-corrected chi connectivity index (χ0v) is 22.8. The minimum atomic E-state index is 0.0439. The number of pyridine rings is 1. The van der Waals surface area contributed by atoms with Crippen LogP contribution in [0, 0.1) is 19.8 Å². The number of aromatic nitrogens is 1. The first-order chi connectivity index (χ1) is 17.1. The third-order valence-electron chi connectivity index (χ3n) is 7.89. The molecule has 0 spiro atoms. The summed E-state index contributed by atoms with van der Waals surface area (Å²) in [6.07, 6.45) is 3.21. The van der Waals surface area contributed by atoms with Crippen LogP contribution in [0.4, 0.5) is 0 Å². The smallest absolute Gasteiger partial charge is 0.228 e. The monoisotopic (exact) mass is 474 g/mol. The molecule has 0 amide bonds. The maximum Gasteiger partial charge on any atom is 0.228 e. The van der Waals surface area contributed by atoms with Crippen molar-refractivity contribution in [2.24, 2.45) is 13.0 Å². The largest absolute Gasteiger partial charge is 0.455 e. The maximum absolute atomic E-state index is 7.02. The van der Waals surface area contributed by atoms with Crippen LogP contribution < -0.4 is 9.30 Å². The Kier molecular flexibility index (Phi) is 4.99. The first-order valence-corrected chi connectivity index (χ1v) is 13.2. The number of rotatable bonds is 2. The molecule has 36 heavy (non-hydrogen) atoms. The lowest BCUT2D eigenvalue weighted by molar-refractivity contribution is -0.659. The topological polar surface area (TPSA) is 13.1 Å². The Morgan fingerprint density at radius 1 is 0.861 bits per heavy atom. The second kappa shape index (κ2) is 7.80. The molecule has 0 saturated carbocycles. The van der Waals surface area contributed by atoms with Gasteiger partial charge in [-0.25, -0.2) is 4.57 Å². The molecule has 1 aliphatic heterocycles. The molecule has 0 atom stereocenters. The molecule has 1 aromatic heterocycles. The summed E-state index contributed by atoms with van der Waals surface area (Å²) in [6.45, 7) is 15.9. The lowest BCUT2D eigenvalue weighted by Gasteiger charge is -2.27. The molecule has 6 rings (SSSR count). The maximum atomic E-state index is 7.02. The Morgan fingerprint density at radius 2 is 1.64 bits per heavy atom. The standard InChI is InChI=1S/C34H36NO/c1-19(2)16-27-23-13-12-20(3)17-25(23)21(4)30-32-31-24(14-15-35(32)8)22-10-9-11-28(34(5,6)7)26(22)18-29(31)36-33(27)30/h9-15,17-19H,16H2,1-8H3/q+1. The average molecular weight is 475 g/mol. The Balaban J connectivity index is 1.81. The van der Waals surface area contributed by atoms with Crippen LogP contribution >= 0.6 is 0 Å². The molecule has 0 radical (unpaired) electrons. The lowest BCUT2D eigenvalue weighted by Crippen LogP contribution is -2.32. The molecule has 2 heterocycles.